The maximum absolute atomic E-state index is 13.3. The van der Waals surface area contributed by atoms with Crippen LogP contribution < -0.4 is 11.1 Å². The summed E-state index contributed by atoms with van der Waals surface area (Å²) >= 11 is 0. The Bertz CT molecular complexity index is 657. The van der Waals surface area contributed by atoms with Crippen LogP contribution in [0.3, 0.4) is 0 Å². The van der Waals surface area contributed by atoms with Gasteiger partial charge in [0.25, 0.3) is 0 Å². The molecule has 0 aliphatic heterocycles. The average molecular weight is 284 g/mol. The van der Waals surface area contributed by atoms with Crippen molar-refractivity contribution in [3.05, 3.63) is 71.0 Å². The number of nitrogens with one attached hydrogen (secondary N) is 1. The van der Waals surface area contributed by atoms with Gasteiger partial charge in [0.15, 0.2) is 0 Å². The first-order valence-electron chi connectivity index (χ1n) is 7.04. The van der Waals surface area contributed by atoms with Gasteiger partial charge in [-0.2, -0.15) is 0 Å². The van der Waals surface area contributed by atoms with Crippen LogP contribution in [-0.4, -0.2) is 5.91 Å². The van der Waals surface area contributed by atoms with Crippen molar-refractivity contribution in [2.75, 3.05) is 0 Å². The highest BCUT2D eigenvalue weighted by atomic mass is 19.1. The standard InChI is InChI=1S/C17H17FN2O/c18-13-7-8-14-12(10-13)6-9-15(14)20-16(17(19)21)11-4-2-1-3-5-11/h1-5,7-8,10,15-16,20H,6,9H2,(H2,19,21)/t15-,16+/m1/s1. The molecule has 2 atom stereocenters. The summed E-state index contributed by atoms with van der Waals surface area (Å²) in [7, 11) is 0. The molecule has 2 aromatic carbocycles. The molecule has 0 bridgehead atoms. The van der Waals surface area contributed by atoms with Crippen LogP contribution in [0.4, 0.5) is 4.39 Å². The number of benzene rings is 2. The molecule has 1 aliphatic carbocycles. The molecule has 3 rings (SSSR count). The third kappa shape index (κ3) is 2.81. The zero-order valence-corrected chi connectivity index (χ0v) is 11.6. The SMILES string of the molecule is NC(=O)[C@@H](N[C@@H]1CCc2cc(F)ccc21)c1ccccc1. The van der Waals surface area contributed by atoms with E-state index in [1.54, 1.807) is 12.1 Å². The van der Waals surface area contributed by atoms with Crippen LogP contribution in [0.1, 0.15) is 35.2 Å². The highest BCUT2D eigenvalue weighted by molar-refractivity contribution is 5.81. The van der Waals surface area contributed by atoms with Gasteiger partial charge in [0.05, 0.1) is 0 Å². The summed E-state index contributed by atoms with van der Waals surface area (Å²) in [5, 5.41) is 3.31. The fourth-order valence-electron chi connectivity index (χ4n) is 2.95. The van der Waals surface area contributed by atoms with E-state index < -0.39 is 11.9 Å². The molecule has 0 heterocycles. The number of nitrogens with two attached hydrogens (primary N) is 1. The van der Waals surface area contributed by atoms with Crippen molar-refractivity contribution < 1.29 is 9.18 Å². The summed E-state index contributed by atoms with van der Waals surface area (Å²) < 4.78 is 13.3. The normalized spacial score (nSPS) is 18.2. The van der Waals surface area contributed by atoms with Crippen molar-refractivity contribution in [2.24, 2.45) is 5.73 Å². The number of aryl methyl sites for hydroxylation is 1. The van der Waals surface area contributed by atoms with Gasteiger partial charge in [-0.25, -0.2) is 4.39 Å². The molecule has 3 nitrogen and oxygen atoms in total. The number of carbonyl (C=O) groups excluding carboxylic acids is 1. The first-order chi connectivity index (χ1) is 10.1. The minimum atomic E-state index is -0.535. The van der Waals surface area contributed by atoms with E-state index in [1.807, 2.05) is 30.3 Å². The van der Waals surface area contributed by atoms with Gasteiger partial charge in [0, 0.05) is 6.04 Å². The summed E-state index contributed by atoms with van der Waals surface area (Å²) in [6.07, 6.45) is 1.65. The number of primary amides is 1. The summed E-state index contributed by atoms with van der Waals surface area (Å²) in [4.78, 5) is 11.8. The van der Waals surface area contributed by atoms with Crippen molar-refractivity contribution in [1.29, 1.82) is 0 Å². The Morgan fingerprint density at radius 3 is 2.71 bits per heavy atom. The van der Waals surface area contributed by atoms with Gasteiger partial charge in [-0.1, -0.05) is 36.4 Å². The lowest BCUT2D eigenvalue weighted by Gasteiger charge is -2.21. The van der Waals surface area contributed by atoms with Gasteiger partial charge in [-0.15, -0.1) is 0 Å². The second-order valence-electron chi connectivity index (χ2n) is 5.35. The number of hydrogen-bond acceptors (Lipinski definition) is 2. The maximum atomic E-state index is 13.3. The maximum Gasteiger partial charge on any atom is 0.239 e. The third-order valence-electron chi connectivity index (χ3n) is 3.97. The molecule has 4 heteroatoms. The van der Waals surface area contributed by atoms with Crippen molar-refractivity contribution >= 4 is 5.91 Å². The summed E-state index contributed by atoms with van der Waals surface area (Å²) in [6.45, 7) is 0. The zero-order chi connectivity index (χ0) is 14.8. The molecule has 3 N–H and O–H groups in total. The number of halogens is 1. The first kappa shape index (κ1) is 13.8. The van der Waals surface area contributed by atoms with Crippen molar-refractivity contribution in [2.45, 2.75) is 24.9 Å². The van der Waals surface area contributed by atoms with E-state index in [1.165, 1.54) is 6.07 Å². The molecule has 0 saturated carbocycles. The smallest absolute Gasteiger partial charge is 0.239 e. The monoisotopic (exact) mass is 284 g/mol. The molecule has 0 saturated heterocycles. The molecule has 0 aromatic heterocycles. The van der Waals surface area contributed by atoms with Crippen molar-refractivity contribution in [3.63, 3.8) is 0 Å². The Labute approximate surface area is 123 Å². The van der Waals surface area contributed by atoms with E-state index in [4.69, 9.17) is 5.73 Å². The van der Waals surface area contributed by atoms with Gasteiger partial charge in [-0.05, 0) is 41.7 Å². The molecule has 0 unspecified atom stereocenters. The Morgan fingerprint density at radius 1 is 1.24 bits per heavy atom. The molecular formula is C17H17FN2O. The van der Waals surface area contributed by atoms with Crippen molar-refractivity contribution in [1.82, 2.24) is 5.32 Å². The molecule has 2 aromatic rings. The average Bonchev–Trinajstić information content (AvgIpc) is 2.87. The lowest BCUT2D eigenvalue weighted by atomic mass is 10.0. The molecule has 21 heavy (non-hydrogen) atoms. The Kier molecular flexibility index (Phi) is 3.71. The van der Waals surface area contributed by atoms with E-state index in [0.717, 1.165) is 29.5 Å². The largest absolute Gasteiger partial charge is 0.368 e. The van der Waals surface area contributed by atoms with Gasteiger partial charge >= 0.3 is 0 Å². The van der Waals surface area contributed by atoms with Gasteiger partial charge in [0.2, 0.25) is 5.91 Å². The van der Waals surface area contributed by atoms with Crippen LogP contribution in [0.5, 0.6) is 0 Å². The van der Waals surface area contributed by atoms with E-state index >= 15 is 0 Å². The molecule has 108 valence electrons. The van der Waals surface area contributed by atoms with Crippen LogP contribution >= 0.6 is 0 Å². The predicted octanol–water partition coefficient (Wildman–Crippen LogP) is 2.63. The van der Waals surface area contributed by atoms with Gasteiger partial charge < -0.3 is 5.73 Å². The second kappa shape index (κ2) is 5.66. The topological polar surface area (TPSA) is 55.1 Å². The van der Waals surface area contributed by atoms with Crippen LogP contribution in [0.15, 0.2) is 48.5 Å². The van der Waals surface area contributed by atoms with Gasteiger partial charge in [-0.3, -0.25) is 10.1 Å². The van der Waals surface area contributed by atoms with E-state index in [2.05, 4.69) is 5.32 Å². The van der Waals surface area contributed by atoms with Crippen LogP contribution in [0.2, 0.25) is 0 Å². The summed E-state index contributed by atoms with van der Waals surface area (Å²) in [6, 6.07) is 13.7. The number of rotatable bonds is 4. The molecule has 1 aliphatic rings. The number of hydrogen-bond donors (Lipinski definition) is 2. The molecule has 0 spiro atoms. The van der Waals surface area contributed by atoms with Crippen LogP contribution in [0.25, 0.3) is 0 Å². The van der Waals surface area contributed by atoms with Crippen LogP contribution in [0, 0.1) is 5.82 Å². The molecule has 0 radical (unpaired) electrons. The van der Waals surface area contributed by atoms with Crippen LogP contribution in [-0.2, 0) is 11.2 Å². The lowest BCUT2D eigenvalue weighted by Crippen LogP contribution is -2.35. The van der Waals surface area contributed by atoms with E-state index in [-0.39, 0.29) is 11.9 Å². The number of amides is 1. The Balaban J connectivity index is 1.85. The minimum absolute atomic E-state index is 0.0262. The molecule has 0 fully saturated rings. The summed E-state index contributed by atoms with van der Waals surface area (Å²) in [5.41, 5.74) is 8.43. The Hall–Kier alpha value is -2.20. The van der Waals surface area contributed by atoms with Crippen molar-refractivity contribution in [3.8, 4) is 0 Å². The van der Waals surface area contributed by atoms with Gasteiger partial charge in [0.1, 0.15) is 11.9 Å². The Morgan fingerprint density at radius 2 is 2.00 bits per heavy atom. The summed E-state index contributed by atoms with van der Waals surface area (Å²) in [5.74, 6) is -0.624. The third-order valence-corrected chi connectivity index (χ3v) is 3.97. The first-order valence-corrected chi connectivity index (χ1v) is 7.04. The zero-order valence-electron chi connectivity index (χ0n) is 11.6. The van der Waals surface area contributed by atoms with E-state index in [0.29, 0.717) is 0 Å². The van der Waals surface area contributed by atoms with E-state index in [9.17, 15) is 9.18 Å². The number of fused-ring (bicyclic) bond motifs is 1. The quantitative estimate of drug-likeness (QED) is 0.907. The molecular weight excluding hydrogens is 267 g/mol. The molecule has 1 amide bonds. The fourth-order valence-corrected chi connectivity index (χ4v) is 2.95. The second-order valence-corrected chi connectivity index (χ2v) is 5.35. The predicted molar refractivity (Wildman–Crippen MR) is 79.0 cm³/mol. The highest BCUT2D eigenvalue weighted by Crippen LogP contribution is 2.33. The fraction of sp³-hybridized carbons (Fsp3) is 0.235. The minimum Gasteiger partial charge on any atom is -0.368 e. The lowest BCUT2D eigenvalue weighted by molar-refractivity contribution is -0.120. The number of carbonyl (C=O) groups is 1. The highest BCUT2D eigenvalue weighted by Gasteiger charge is 2.27.